The molecular formula is C16H32N2O2. The molecule has 1 rings (SSSR count). The molecule has 0 saturated carbocycles. The van der Waals surface area contributed by atoms with Gasteiger partial charge in [0.2, 0.25) is 5.91 Å². The maximum absolute atomic E-state index is 12.1. The normalized spacial score (nSPS) is 24.2. The lowest BCUT2D eigenvalue weighted by Gasteiger charge is -2.41. The van der Waals surface area contributed by atoms with Gasteiger partial charge >= 0.3 is 0 Å². The molecule has 1 aliphatic rings. The van der Waals surface area contributed by atoms with Crippen molar-refractivity contribution in [2.45, 2.75) is 90.4 Å². The second-order valence-electron chi connectivity index (χ2n) is 7.06. The third-order valence-electron chi connectivity index (χ3n) is 4.16. The van der Waals surface area contributed by atoms with Crippen LogP contribution in [0, 0.1) is 0 Å². The van der Waals surface area contributed by atoms with Crippen LogP contribution < -0.4 is 10.6 Å². The number of rotatable bonds is 5. The zero-order valence-electron chi connectivity index (χ0n) is 14.0. The lowest BCUT2D eigenvalue weighted by atomic mass is 9.85. The van der Waals surface area contributed by atoms with E-state index in [4.69, 9.17) is 4.74 Å². The topological polar surface area (TPSA) is 50.4 Å². The van der Waals surface area contributed by atoms with Gasteiger partial charge in [0.25, 0.3) is 0 Å². The Morgan fingerprint density at radius 1 is 1.35 bits per heavy atom. The van der Waals surface area contributed by atoms with Crippen molar-refractivity contribution in [1.82, 2.24) is 10.6 Å². The minimum absolute atomic E-state index is 0.00383. The fourth-order valence-electron chi connectivity index (χ4n) is 2.82. The monoisotopic (exact) mass is 284 g/mol. The molecule has 1 heterocycles. The van der Waals surface area contributed by atoms with E-state index in [2.05, 4.69) is 24.5 Å². The van der Waals surface area contributed by atoms with Crippen molar-refractivity contribution in [2.75, 3.05) is 6.61 Å². The smallest absolute Gasteiger partial charge is 0.237 e. The van der Waals surface area contributed by atoms with Crippen LogP contribution in [0.2, 0.25) is 0 Å². The summed E-state index contributed by atoms with van der Waals surface area (Å²) in [5.74, 6) is 0.0718. The molecule has 2 unspecified atom stereocenters. The minimum atomic E-state index is -0.181. The summed E-state index contributed by atoms with van der Waals surface area (Å²) >= 11 is 0. The second kappa shape index (κ2) is 6.90. The summed E-state index contributed by atoms with van der Waals surface area (Å²) in [5, 5.41) is 6.50. The maximum Gasteiger partial charge on any atom is 0.237 e. The van der Waals surface area contributed by atoms with E-state index in [1.807, 2.05) is 27.7 Å². The zero-order chi connectivity index (χ0) is 15.4. The Morgan fingerprint density at radius 3 is 2.45 bits per heavy atom. The Kier molecular flexibility index (Phi) is 6.02. The Balaban J connectivity index is 2.53. The van der Waals surface area contributed by atoms with E-state index in [-0.39, 0.29) is 23.1 Å². The van der Waals surface area contributed by atoms with Crippen molar-refractivity contribution in [3.63, 3.8) is 0 Å². The molecule has 4 heteroatoms. The second-order valence-corrected chi connectivity index (χ2v) is 7.06. The number of amides is 1. The maximum atomic E-state index is 12.1. The van der Waals surface area contributed by atoms with E-state index in [1.54, 1.807) is 0 Å². The fourth-order valence-corrected chi connectivity index (χ4v) is 2.82. The number of hydrogen-bond donors (Lipinski definition) is 2. The van der Waals surface area contributed by atoms with E-state index in [9.17, 15) is 4.79 Å². The highest BCUT2D eigenvalue weighted by molar-refractivity contribution is 5.81. The molecule has 2 atom stereocenters. The summed E-state index contributed by atoms with van der Waals surface area (Å²) in [4.78, 5) is 12.1. The summed E-state index contributed by atoms with van der Waals surface area (Å²) < 4.78 is 5.98. The minimum Gasteiger partial charge on any atom is -0.375 e. The fraction of sp³-hybridized carbons (Fsp3) is 0.938. The molecule has 20 heavy (non-hydrogen) atoms. The van der Waals surface area contributed by atoms with Crippen LogP contribution in [0.4, 0.5) is 0 Å². The van der Waals surface area contributed by atoms with Gasteiger partial charge in [-0.1, -0.05) is 13.8 Å². The summed E-state index contributed by atoms with van der Waals surface area (Å²) in [7, 11) is 0. The van der Waals surface area contributed by atoms with Gasteiger partial charge in [-0.25, -0.2) is 0 Å². The van der Waals surface area contributed by atoms with Crippen LogP contribution in [0.5, 0.6) is 0 Å². The first-order valence-corrected chi connectivity index (χ1v) is 7.93. The van der Waals surface area contributed by atoms with Crippen molar-refractivity contribution in [1.29, 1.82) is 0 Å². The number of nitrogens with one attached hydrogen (secondary N) is 2. The molecule has 0 aromatic rings. The van der Waals surface area contributed by atoms with E-state index >= 15 is 0 Å². The molecule has 0 radical (unpaired) electrons. The molecule has 0 aromatic carbocycles. The molecule has 0 bridgehead atoms. The van der Waals surface area contributed by atoms with Gasteiger partial charge in [0.15, 0.2) is 0 Å². The standard InChI is InChI=1S/C16H32N2O2/c1-7-16(8-2)11-13(9-10-20-16)17-12(3)14(19)18-15(4,5)6/h12-13,17H,7-11H2,1-6H3,(H,18,19). The molecule has 1 fully saturated rings. The highest BCUT2D eigenvalue weighted by atomic mass is 16.5. The third kappa shape index (κ3) is 5.06. The van der Waals surface area contributed by atoms with Crippen molar-refractivity contribution in [3.8, 4) is 0 Å². The van der Waals surface area contributed by atoms with Crippen LogP contribution in [0.25, 0.3) is 0 Å². The van der Waals surface area contributed by atoms with Gasteiger partial charge < -0.3 is 15.4 Å². The van der Waals surface area contributed by atoms with Crippen LogP contribution in [0.3, 0.4) is 0 Å². The first kappa shape index (κ1) is 17.4. The van der Waals surface area contributed by atoms with Crippen LogP contribution >= 0.6 is 0 Å². The number of ether oxygens (including phenoxy) is 1. The Bertz CT molecular complexity index is 319. The van der Waals surface area contributed by atoms with Gasteiger partial charge in [0.1, 0.15) is 0 Å². The average molecular weight is 284 g/mol. The molecule has 0 aliphatic carbocycles. The molecule has 2 N–H and O–H groups in total. The molecule has 0 spiro atoms. The summed E-state index contributed by atoms with van der Waals surface area (Å²) in [6.07, 6.45) is 4.04. The number of carbonyl (C=O) groups is 1. The molecule has 1 saturated heterocycles. The lowest BCUT2D eigenvalue weighted by Crippen LogP contribution is -2.54. The first-order chi connectivity index (χ1) is 9.21. The summed E-state index contributed by atoms with van der Waals surface area (Å²) in [6.45, 7) is 13.1. The first-order valence-electron chi connectivity index (χ1n) is 7.93. The summed E-state index contributed by atoms with van der Waals surface area (Å²) in [5.41, 5.74) is -0.185. The van der Waals surface area contributed by atoms with Crippen LogP contribution in [-0.2, 0) is 9.53 Å². The quantitative estimate of drug-likeness (QED) is 0.816. The zero-order valence-corrected chi connectivity index (χ0v) is 14.0. The van der Waals surface area contributed by atoms with Crippen LogP contribution in [0.1, 0.15) is 67.2 Å². The van der Waals surface area contributed by atoms with Gasteiger partial charge in [-0.3, -0.25) is 4.79 Å². The Morgan fingerprint density at radius 2 is 1.95 bits per heavy atom. The molecule has 4 nitrogen and oxygen atoms in total. The van der Waals surface area contributed by atoms with Crippen LogP contribution in [-0.4, -0.2) is 35.7 Å². The highest BCUT2D eigenvalue weighted by Crippen LogP contribution is 2.31. The van der Waals surface area contributed by atoms with E-state index in [0.29, 0.717) is 6.04 Å². The summed E-state index contributed by atoms with van der Waals surface area (Å²) in [6, 6.07) is 0.202. The largest absolute Gasteiger partial charge is 0.375 e. The Labute approximate surface area is 124 Å². The molecular weight excluding hydrogens is 252 g/mol. The number of carbonyl (C=O) groups excluding carboxylic acids is 1. The lowest BCUT2D eigenvalue weighted by molar-refractivity contribution is -0.125. The van der Waals surface area contributed by atoms with Gasteiger partial charge in [-0.05, 0) is 53.4 Å². The molecule has 1 aliphatic heterocycles. The molecule has 1 amide bonds. The average Bonchev–Trinajstić information content (AvgIpc) is 2.36. The van der Waals surface area contributed by atoms with Crippen molar-refractivity contribution in [3.05, 3.63) is 0 Å². The predicted molar refractivity (Wildman–Crippen MR) is 82.8 cm³/mol. The SMILES string of the molecule is CCC1(CC)CC(NC(C)C(=O)NC(C)(C)C)CCO1. The van der Waals surface area contributed by atoms with Gasteiger partial charge in [0.05, 0.1) is 11.6 Å². The van der Waals surface area contributed by atoms with Crippen molar-refractivity contribution >= 4 is 5.91 Å². The Hall–Kier alpha value is -0.610. The van der Waals surface area contributed by atoms with E-state index in [1.165, 1.54) is 0 Å². The predicted octanol–water partition coefficient (Wildman–Crippen LogP) is 2.62. The third-order valence-corrected chi connectivity index (χ3v) is 4.16. The molecule has 118 valence electrons. The van der Waals surface area contributed by atoms with Gasteiger partial charge in [0, 0.05) is 18.2 Å². The van der Waals surface area contributed by atoms with E-state index < -0.39 is 0 Å². The van der Waals surface area contributed by atoms with Crippen molar-refractivity contribution in [2.24, 2.45) is 0 Å². The van der Waals surface area contributed by atoms with Gasteiger partial charge in [-0.2, -0.15) is 0 Å². The van der Waals surface area contributed by atoms with Crippen LogP contribution in [0.15, 0.2) is 0 Å². The van der Waals surface area contributed by atoms with E-state index in [0.717, 1.165) is 32.3 Å². The highest BCUT2D eigenvalue weighted by Gasteiger charge is 2.35. The molecule has 0 aromatic heterocycles. The van der Waals surface area contributed by atoms with Crippen molar-refractivity contribution < 1.29 is 9.53 Å². The van der Waals surface area contributed by atoms with Gasteiger partial charge in [-0.15, -0.1) is 0 Å². The number of hydrogen-bond acceptors (Lipinski definition) is 3.